The van der Waals surface area contributed by atoms with Gasteiger partial charge in [-0.15, -0.1) is 0 Å². The van der Waals surface area contributed by atoms with Crippen LogP contribution in [0.3, 0.4) is 0 Å². The smallest absolute Gasteiger partial charge is 0.290 e. The molecule has 4 rings (SSSR count). The maximum Gasteiger partial charge on any atom is 0.290 e. The lowest BCUT2D eigenvalue weighted by molar-refractivity contribution is -0.134. The number of pyridine rings is 1. The Labute approximate surface area is 177 Å². The number of hydrogen-bond acceptors (Lipinski definition) is 8. The van der Waals surface area contributed by atoms with E-state index in [0.29, 0.717) is 18.7 Å². The Morgan fingerprint density at radius 3 is 2.65 bits per heavy atom. The lowest BCUT2D eigenvalue weighted by Gasteiger charge is -2.27. The summed E-state index contributed by atoms with van der Waals surface area (Å²) in [6.07, 6.45) is 1.80. The maximum atomic E-state index is 14.2. The molecule has 31 heavy (non-hydrogen) atoms. The minimum absolute atomic E-state index is 0.0269. The van der Waals surface area contributed by atoms with Gasteiger partial charge in [-0.1, -0.05) is 0 Å². The molecule has 1 amide bonds. The highest BCUT2D eigenvalue weighted by Crippen LogP contribution is 2.43. The van der Waals surface area contributed by atoms with Crippen molar-refractivity contribution in [3.8, 4) is 17.1 Å². The minimum Gasteiger partial charge on any atom is -0.468 e. The summed E-state index contributed by atoms with van der Waals surface area (Å²) in [6, 6.07) is 3.03. The number of rotatable bonds is 5. The van der Waals surface area contributed by atoms with E-state index in [-0.39, 0.29) is 36.1 Å². The van der Waals surface area contributed by atoms with Gasteiger partial charge in [0.05, 0.1) is 5.69 Å². The molecule has 2 aromatic heterocycles. The molecule has 0 atom stereocenters. The topological polar surface area (TPSA) is 114 Å². The molecule has 9 nitrogen and oxygen atoms in total. The first kappa shape index (κ1) is 21.5. The van der Waals surface area contributed by atoms with E-state index in [1.165, 1.54) is 12.3 Å². The van der Waals surface area contributed by atoms with Crippen molar-refractivity contribution in [3.05, 3.63) is 29.6 Å². The number of fused-ring (bicyclic) bond motifs is 1. The Morgan fingerprint density at radius 1 is 1.26 bits per heavy atom. The molecule has 2 aromatic rings. The second-order valence-electron chi connectivity index (χ2n) is 7.46. The second-order valence-corrected chi connectivity index (χ2v) is 9.37. The minimum atomic E-state index is -3.89. The monoisotopic (exact) mass is 453 g/mol. The Hall–Kier alpha value is -2.73. The van der Waals surface area contributed by atoms with Gasteiger partial charge in [-0.3, -0.25) is 4.79 Å². The number of piperazine rings is 1. The fourth-order valence-electron chi connectivity index (χ4n) is 3.55. The average Bonchev–Trinajstić information content (AvgIpc) is 3.06. The van der Waals surface area contributed by atoms with Crippen LogP contribution in [0.25, 0.3) is 11.3 Å². The fourth-order valence-corrected chi connectivity index (χ4v) is 4.07. The third-order valence-electron chi connectivity index (χ3n) is 5.18. The van der Waals surface area contributed by atoms with Crippen LogP contribution in [0.1, 0.15) is 17.7 Å². The molecule has 1 fully saturated rings. The zero-order valence-corrected chi connectivity index (χ0v) is 17.6. The summed E-state index contributed by atoms with van der Waals surface area (Å²) in [5.41, 5.74) is 0.127. The van der Waals surface area contributed by atoms with Crippen molar-refractivity contribution in [2.45, 2.75) is 23.9 Å². The highest BCUT2D eigenvalue weighted by atomic mass is 32.2. The van der Waals surface area contributed by atoms with Crippen LogP contribution < -0.4 is 10.1 Å². The first-order valence-corrected chi connectivity index (χ1v) is 11.6. The number of nitrogens with zero attached hydrogens (tertiary/aromatic N) is 4. The van der Waals surface area contributed by atoms with Crippen molar-refractivity contribution >= 4 is 15.7 Å². The number of ether oxygens (including phenoxy) is 1. The van der Waals surface area contributed by atoms with Gasteiger partial charge < -0.3 is 15.0 Å². The number of amides is 1. The number of carbonyl (C=O) groups is 1. The zero-order valence-electron chi connectivity index (χ0n) is 16.8. The maximum absolute atomic E-state index is 14.2. The van der Waals surface area contributed by atoms with E-state index in [0.717, 1.165) is 19.3 Å². The van der Waals surface area contributed by atoms with Gasteiger partial charge in [0.1, 0.15) is 5.69 Å². The van der Waals surface area contributed by atoms with Gasteiger partial charge in [0.15, 0.2) is 6.61 Å². The van der Waals surface area contributed by atoms with Crippen LogP contribution >= 0.6 is 0 Å². The molecule has 1 N–H and O–H groups in total. The van der Waals surface area contributed by atoms with Crippen molar-refractivity contribution < 1.29 is 26.7 Å². The van der Waals surface area contributed by atoms with Crippen LogP contribution in [0, 0.1) is 0 Å². The normalized spacial score (nSPS) is 18.0. The lowest BCUT2D eigenvalue weighted by atomic mass is 10.1. The van der Waals surface area contributed by atoms with Gasteiger partial charge in [0, 0.05) is 62.2 Å². The molecule has 1 aliphatic heterocycles. The molecule has 0 radical (unpaired) electrons. The number of aromatic nitrogens is 3. The highest BCUT2D eigenvalue weighted by Gasteiger charge is 2.43. The van der Waals surface area contributed by atoms with Gasteiger partial charge in [-0.2, -0.15) is 8.78 Å². The summed E-state index contributed by atoms with van der Waals surface area (Å²) in [5.74, 6) is -3.18. The van der Waals surface area contributed by atoms with E-state index < -0.39 is 33.0 Å². The Balaban J connectivity index is 1.56. The third-order valence-corrected chi connectivity index (χ3v) is 6.02. The SMILES string of the molecule is CS(=O)(=O)c1nc(-c2ccc(OCC(=O)N3CCNCC3)nc2)c2c(n1)C(F)(F)CC2. The van der Waals surface area contributed by atoms with Crippen LogP contribution in [0.4, 0.5) is 8.78 Å². The van der Waals surface area contributed by atoms with Gasteiger partial charge >= 0.3 is 0 Å². The van der Waals surface area contributed by atoms with Gasteiger partial charge in [0.2, 0.25) is 20.9 Å². The number of alkyl halides is 2. The first-order chi connectivity index (χ1) is 14.6. The van der Waals surface area contributed by atoms with Gasteiger partial charge in [-0.05, 0) is 12.5 Å². The standard InChI is InChI=1S/C19H21F2N5O4S/c1-31(28,29)18-24-16(13-4-5-19(20,21)17(13)25-18)12-2-3-14(23-10-12)30-11-15(27)26-8-6-22-7-9-26/h2-3,10,22H,4-9,11H2,1H3. The number of halogens is 2. The molecule has 1 saturated heterocycles. The third kappa shape index (κ3) is 4.49. The van der Waals surface area contributed by atoms with Crippen molar-refractivity contribution in [2.75, 3.05) is 39.0 Å². The largest absolute Gasteiger partial charge is 0.468 e. The number of sulfone groups is 1. The number of hydrogen-bond donors (Lipinski definition) is 1. The summed E-state index contributed by atoms with van der Waals surface area (Å²) >= 11 is 0. The van der Waals surface area contributed by atoms with E-state index in [9.17, 15) is 22.0 Å². The molecule has 12 heteroatoms. The van der Waals surface area contributed by atoms with Crippen LogP contribution in [0.15, 0.2) is 23.5 Å². The molecule has 3 heterocycles. The molecule has 1 aliphatic carbocycles. The quantitative estimate of drug-likeness (QED) is 0.661. The molecular formula is C19H21F2N5O4S. The Morgan fingerprint density at radius 2 is 2.00 bits per heavy atom. The Bertz CT molecular complexity index is 1100. The predicted molar refractivity (Wildman–Crippen MR) is 106 cm³/mol. The van der Waals surface area contributed by atoms with Crippen molar-refractivity contribution in [1.82, 2.24) is 25.2 Å². The summed E-state index contributed by atoms with van der Waals surface area (Å²) in [7, 11) is -3.89. The molecule has 0 aromatic carbocycles. The van der Waals surface area contributed by atoms with Crippen LogP contribution in [-0.4, -0.2) is 73.2 Å². The van der Waals surface area contributed by atoms with E-state index in [4.69, 9.17) is 4.74 Å². The summed E-state index contributed by atoms with van der Waals surface area (Å²) in [4.78, 5) is 25.7. The molecule has 166 valence electrons. The molecule has 0 saturated carbocycles. The first-order valence-electron chi connectivity index (χ1n) is 9.72. The van der Waals surface area contributed by atoms with Crippen LogP contribution in [0.5, 0.6) is 5.88 Å². The van der Waals surface area contributed by atoms with Gasteiger partial charge in [-0.25, -0.2) is 23.4 Å². The summed E-state index contributed by atoms with van der Waals surface area (Å²) in [5, 5.41) is 2.51. The van der Waals surface area contributed by atoms with Crippen molar-refractivity contribution in [2.24, 2.45) is 0 Å². The summed E-state index contributed by atoms with van der Waals surface area (Å²) in [6.45, 7) is 2.52. The highest BCUT2D eigenvalue weighted by molar-refractivity contribution is 7.90. The number of nitrogens with one attached hydrogen (secondary N) is 1. The summed E-state index contributed by atoms with van der Waals surface area (Å²) < 4.78 is 57.7. The van der Waals surface area contributed by atoms with Crippen LogP contribution in [-0.2, 0) is 27.0 Å². The van der Waals surface area contributed by atoms with E-state index in [1.807, 2.05) is 0 Å². The van der Waals surface area contributed by atoms with E-state index in [1.54, 1.807) is 11.0 Å². The predicted octanol–water partition coefficient (Wildman–Crippen LogP) is 0.791. The zero-order chi connectivity index (χ0) is 22.2. The van der Waals surface area contributed by atoms with E-state index >= 15 is 0 Å². The molecule has 0 unspecified atom stereocenters. The molecule has 0 bridgehead atoms. The van der Waals surface area contributed by atoms with Crippen molar-refractivity contribution in [3.63, 3.8) is 0 Å². The number of carbonyl (C=O) groups excluding carboxylic acids is 1. The second kappa shape index (κ2) is 8.08. The van der Waals surface area contributed by atoms with Crippen molar-refractivity contribution in [1.29, 1.82) is 0 Å². The molecular weight excluding hydrogens is 432 g/mol. The average molecular weight is 453 g/mol. The molecule has 0 spiro atoms. The van der Waals surface area contributed by atoms with E-state index in [2.05, 4.69) is 20.3 Å². The Kier molecular flexibility index (Phi) is 5.60. The van der Waals surface area contributed by atoms with Crippen LogP contribution in [0.2, 0.25) is 0 Å². The van der Waals surface area contributed by atoms with Gasteiger partial charge in [0.25, 0.3) is 11.8 Å². The fraction of sp³-hybridized carbons (Fsp3) is 0.474. The lowest BCUT2D eigenvalue weighted by Crippen LogP contribution is -2.47. The molecule has 2 aliphatic rings.